The standard InChI is InChI=1S/C19H18BrClN6O4S2/c1-2-30-16-18(32)31-13(7-28)15(29)19(16,10-3-9(20)5-23-11(10)4-22)27-6-12(25-26-27)17-24-14(21)8-33-17/h3,5-6,8,13,15-16,18,28-29,32H,2,7H2,1H3/t13-,15+,16+,18-,19+/m0/s1. The molecule has 4 rings (SSSR count). The number of thiol groups is 1. The van der Waals surface area contributed by atoms with Crippen LogP contribution in [0.25, 0.3) is 10.7 Å². The number of nitrogens with zero attached hydrogens (tertiary/aromatic N) is 6. The Kier molecular flexibility index (Phi) is 7.37. The molecule has 4 heterocycles. The maximum atomic E-state index is 11.6. The molecule has 1 aliphatic rings. The van der Waals surface area contributed by atoms with Gasteiger partial charge in [-0.2, -0.15) is 5.26 Å². The second-order valence-corrected chi connectivity index (χ2v) is 9.75. The fraction of sp³-hybridized carbons (Fsp3) is 0.421. The van der Waals surface area contributed by atoms with Crippen LogP contribution in [0.15, 0.2) is 28.3 Å². The minimum absolute atomic E-state index is 0.0374. The van der Waals surface area contributed by atoms with Gasteiger partial charge < -0.3 is 19.7 Å². The first-order valence-corrected chi connectivity index (χ1v) is 12.3. The number of halogens is 2. The molecule has 0 saturated carbocycles. The lowest BCUT2D eigenvalue weighted by atomic mass is 9.75. The molecule has 3 aromatic rings. The van der Waals surface area contributed by atoms with E-state index in [1.54, 1.807) is 24.6 Å². The summed E-state index contributed by atoms with van der Waals surface area (Å²) in [6.45, 7) is 1.52. The number of thiazole rings is 1. The van der Waals surface area contributed by atoms with Crippen LogP contribution in [0.2, 0.25) is 5.15 Å². The Balaban J connectivity index is 2.03. The van der Waals surface area contributed by atoms with Crippen molar-refractivity contribution in [2.45, 2.75) is 36.2 Å². The Labute approximate surface area is 211 Å². The van der Waals surface area contributed by atoms with Gasteiger partial charge in [-0.05, 0) is 28.9 Å². The second-order valence-electron chi connectivity index (χ2n) is 7.08. The lowest BCUT2D eigenvalue weighted by Crippen LogP contribution is -2.68. The van der Waals surface area contributed by atoms with Gasteiger partial charge >= 0.3 is 0 Å². The van der Waals surface area contributed by atoms with E-state index in [0.717, 1.165) is 0 Å². The van der Waals surface area contributed by atoms with Gasteiger partial charge in [0, 0.05) is 28.2 Å². The van der Waals surface area contributed by atoms with Crippen molar-refractivity contribution in [1.29, 1.82) is 5.26 Å². The molecule has 0 unspecified atom stereocenters. The van der Waals surface area contributed by atoms with Gasteiger partial charge in [0.1, 0.15) is 56.9 Å². The largest absolute Gasteiger partial charge is 0.394 e. The predicted molar refractivity (Wildman–Crippen MR) is 126 cm³/mol. The summed E-state index contributed by atoms with van der Waals surface area (Å²) < 4.78 is 13.7. The second kappa shape index (κ2) is 9.93. The van der Waals surface area contributed by atoms with Crippen LogP contribution in [-0.4, -0.2) is 72.1 Å². The van der Waals surface area contributed by atoms with E-state index in [9.17, 15) is 15.5 Å². The fourth-order valence-corrected chi connectivity index (χ4v) is 5.67. The zero-order valence-electron chi connectivity index (χ0n) is 17.0. The summed E-state index contributed by atoms with van der Waals surface area (Å²) in [6.07, 6.45) is -0.367. The summed E-state index contributed by atoms with van der Waals surface area (Å²) >= 11 is 15.2. The zero-order valence-corrected chi connectivity index (χ0v) is 21.1. The average molecular weight is 574 g/mol. The number of pyridine rings is 1. The van der Waals surface area contributed by atoms with Crippen molar-refractivity contribution in [1.82, 2.24) is 25.0 Å². The summed E-state index contributed by atoms with van der Waals surface area (Å²) in [6, 6.07) is 3.73. The van der Waals surface area contributed by atoms with Gasteiger partial charge in [-0.1, -0.05) is 16.8 Å². The fourth-order valence-electron chi connectivity index (χ4n) is 3.98. The van der Waals surface area contributed by atoms with Crippen molar-refractivity contribution in [2.24, 2.45) is 0 Å². The minimum Gasteiger partial charge on any atom is -0.394 e. The molecule has 0 amide bonds. The minimum atomic E-state index is -1.58. The van der Waals surface area contributed by atoms with E-state index < -0.39 is 35.9 Å². The van der Waals surface area contributed by atoms with Crippen LogP contribution in [0.3, 0.4) is 0 Å². The Bertz CT molecular complexity index is 1190. The number of ether oxygens (including phenoxy) is 2. The summed E-state index contributed by atoms with van der Waals surface area (Å²) in [5.41, 5.74) is -1.73. The van der Waals surface area contributed by atoms with E-state index in [-0.39, 0.29) is 12.3 Å². The van der Waals surface area contributed by atoms with Crippen LogP contribution in [0, 0.1) is 11.3 Å². The Morgan fingerprint density at radius 1 is 1.52 bits per heavy atom. The molecule has 33 heavy (non-hydrogen) atoms. The van der Waals surface area contributed by atoms with E-state index >= 15 is 0 Å². The Morgan fingerprint density at radius 3 is 2.94 bits per heavy atom. The number of aliphatic hydroxyl groups is 2. The number of hydrogen-bond donors (Lipinski definition) is 3. The van der Waals surface area contributed by atoms with Gasteiger partial charge in [-0.25, -0.2) is 14.6 Å². The normalized spacial score (nSPS) is 27.4. The van der Waals surface area contributed by atoms with E-state index in [1.165, 1.54) is 22.2 Å². The number of nitriles is 1. The maximum Gasteiger partial charge on any atom is 0.150 e. The van der Waals surface area contributed by atoms with Gasteiger partial charge in [0.15, 0.2) is 0 Å². The molecule has 2 N–H and O–H groups in total. The van der Waals surface area contributed by atoms with Crippen LogP contribution in [0.4, 0.5) is 0 Å². The van der Waals surface area contributed by atoms with Crippen molar-refractivity contribution in [3.8, 4) is 16.8 Å². The maximum absolute atomic E-state index is 11.6. The van der Waals surface area contributed by atoms with E-state index in [0.29, 0.717) is 25.9 Å². The van der Waals surface area contributed by atoms with Crippen molar-refractivity contribution >= 4 is 51.5 Å². The average Bonchev–Trinajstić information content (AvgIpc) is 3.46. The molecular formula is C19H18BrClN6O4S2. The SMILES string of the molecule is CCO[C@@H]1[C@H](S)O[C@@H](CO)[C@@H](O)[C@@]1(c1cc(Br)cnc1C#N)n1cc(-c2nc(Cl)cs2)nn1. The quantitative estimate of drug-likeness (QED) is 0.379. The molecule has 5 atom stereocenters. The smallest absolute Gasteiger partial charge is 0.150 e. The molecule has 1 aliphatic heterocycles. The highest BCUT2D eigenvalue weighted by Crippen LogP contribution is 2.45. The summed E-state index contributed by atoms with van der Waals surface area (Å²) in [7, 11) is 0. The number of aliphatic hydroxyl groups excluding tert-OH is 2. The highest BCUT2D eigenvalue weighted by atomic mass is 79.9. The third kappa shape index (κ3) is 4.19. The summed E-state index contributed by atoms with van der Waals surface area (Å²) in [4.78, 5) is 8.45. The highest BCUT2D eigenvalue weighted by Gasteiger charge is 2.60. The van der Waals surface area contributed by atoms with Crippen molar-refractivity contribution in [3.63, 3.8) is 0 Å². The molecule has 14 heteroatoms. The highest BCUT2D eigenvalue weighted by molar-refractivity contribution is 9.10. The molecule has 10 nitrogen and oxygen atoms in total. The van der Waals surface area contributed by atoms with Gasteiger partial charge in [0.25, 0.3) is 0 Å². The monoisotopic (exact) mass is 572 g/mol. The summed E-state index contributed by atoms with van der Waals surface area (Å²) in [5, 5.41) is 42.5. The topological polar surface area (TPSA) is 139 Å². The van der Waals surface area contributed by atoms with Gasteiger partial charge in [-0.3, -0.25) is 0 Å². The first-order valence-electron chi connectivity index (χ1n) is 9.71. The van der Waals surface area contributed by atoms with Crippen molar-refractivity contribution in [3.05, 3.63) is 44.7 Å². The number of hydrogen-bond acceptors (Lipinski definition) is 11. The van der Waals surface area contributed by atoms with Gasteiger partial charge in [0.2, 0.25) is 0 Å². The van der Waals surface area contributed by atoms with Crippen LogP contribution in [0.5, 0.6) is 0 Å². The third-order valence-electron chi connectivity index (χ3n) is 5.30. The van der Waals surface area contributed by atoms with Crippen molar-refractivity contribution in [2.75, 3.05) is 13.2 Å². The molecule has 0 bridgehead atoms. The first kappa shape index (κ1) is 24.5. The Morgan fingerprint density at radius 2 is 2.30 bits per heavy atom. The molecule has 0 aromatic carbocycles. The molecular weight excluding hydrogens is 556 g/mol. The molecule has 174 valence electrons. The molecule has 0 aliphatic carbocycles. The van der Waals surface area contributed by atoms with E-state index in [4.69, 9.17) is 21.1 Å². The van der Waals surface area contributed by atoms with E-state index in [1.807, 2.05) is 0 Å². The predicted octanol–water partition coefficient (Wildman–Crippen LogP) is 2.24. The molecule has 1 fully saturated rings. The lowest BCUT2D eigenvalue weighted by Gasteiger charge is -2.51. The first-order chi connectivity index (χ1) is 15.9. The van der Waals surface area contributed by atoms with Gasteiger partial charge in [0.05, 0.1) is 12.8 Å². The number of aromatic nitrogens is 5. The van der Waals surface area contributed by atoms with Crippen LogP contribution in [-0.2, 0) is 15.0 Å². The molecule has 1 saturated heterocycles. The van der Waals surface area contributed by atoms with Crippen LogP contribution >= 0.6 is 51.5 Å². The van der Waals surface area contributed by atoms with Crippen molar-refractivity contribution < 1.29 is 19.7 Å². The Hall–Kier alpha value is -1.63. The zero-order chi connectivity index (χ0) is 23.8. The van der Waals surface area contributed by atoms with E-state index in [2.05, 4.69) is 54.9 Å². The van der Waals surface area contributed by atoms with Crippen LogP contribution < -0.4 is 0 Å². The molecule has 3 aromatic heterocycles. The molecule has 0 spiro atoms. The lowest BCUT2D eigenvalue weighted by molar-refractivity contribution is -0.218. The number of rotatable bonds is 6. The van der Waals surface area contributed by atoms with Crippen LogP contribution in [0.1, 0.15) is 18.2 Å². The summed E-state index contributed by atoms with van der Waals surface area (Å²) in [5.74, 6) is 0. The third-order valence-corrected chi connectivity index (χ3v) is 7.31. The van der Waals surface area contributed by atoms with Gasteiger partial charge in [-0.15, -0.1) is 29.1 Å². The molecule has 0 radical (unpaired) electrons.